The largest absolute Gasteiger partial charge is 0.472 e. The molecule has 2 fully saturated rings. The van der Waals surface area contributed by atoms with Crippen LogP contribution in [0.2, 0.25) is 5.02 Å². The van der Waals surface area contributed by atoms with Crippen molar-refractivity contribution < 1.29 is 9.13 Å². The van der Waals surface area contributed by atoms with Gasteiger partial charge in [0.1, 0.15) is 17.7 Å². The van der Waals surface area contributed by atoms with E-state index in [1.807, 2.05) is 37.4 Å². The molecule has 1 aliphatic heterocycles. The van der Waals surface area contributed by atoms with Crippen molar-refractivity contribution >= 4 is 11.6 Å². The van der Waals surface area contributed by atoms with Gasteiger partial charge >= 0.3 is 0 Å². The first-order chi connectivity index (χ1) is 15.1. The van der Waals surface area contributed by atoms with Gasteiger partial charge in [0, 0.05) is 44.3 Å². The number of ether oxygens (including phenoxy) is 1. The topological polar surface area (TPSA) is 43.2 Å². The van der Waals surface area contributed by atoms with Crippen molar-refractivity contribution in [2.75, 3.05) is 13.1 Å². The van der Waals surface area contributed by atoms with Gasteiger partial charge in [-0.25, -0.2) is 14.4 Å². The van der Waals surface area contributed by atoms with Gasteiger partial charge < -0.3 is 9.30 Å². The van der Waals surface area contributed by atoms with Crippen molar-refractivity contribution in [3.8, 4) is 5.88 Å². The number of hydrogen-bond acceptors (Lipinski definition) is 4. The van der Waals surface area contributed by atoms with Gasteiger partial charge in [0.15, 0.2) is 0 Å². The number of aryl methyl sites for hydroxylation is 1. The molecule has 1 saturated heterocycles. The summed E-state index contributed by atoms with van der Waals surface area (Å²) in [4.78, 5) is 11.3. The summed E-state index contributed by atoms with van der Waals surface area (Å²) >= 11 is 5.98. The number of pyridine rings is 1. The third kappa shape index (κ3) is 4.32. The summed E-state index contributed by atoms with van der Waals surface area (Å²) in [6.45, 7) is 4.87. The molecule has 0 bridgehead atoms. The van der Waals surface area contributed by atoms with E-state index >= 15 is 0 Å². The number of hydrogen-bond donors (Lipinski definition) is 0. The molecule has 1 saturated carbocycles. The Bertz CT molecular complexity index is 1040. The third-order valence-electron chi connectivity index (χ3n) is 6.68. The SMILES string of the molecule is Cc1nccn1[C@H]1C[C@H]2CN(Cc3ccc(F)c(Cl)c3)C[C@H]2C[C@@H]1Oc1ccccn1. The van der Waals surface area contributed by atoms with Crippen LogP contribution in [0.4, 0.5) is 4.39 Å². The van der Waals surface area contributed by atoms with Crippen LogP contribution in [-0.2, 0) is 6.54 Å². The monoisotopic (exact) mass is 440 g/mol. The minimum Gasteiger partial charge on any atom is -0.472 e. The molecule has 5 nitrogen and oxygen atoms in total. The van der Waals surface area contributed by atoms with E-state index in [2.05, 4.69) is 25.6 Å². The molecular weight excluding hydrogens is 415 g/mol. The first-order valence-corrected chi connectivity index (χ1v) is 11.2. The number of halogens is 2. The van der Waals surface area contributed by atoms with Crippen LogP contribution in [0, 0.1) is 24.6 Å². The van der Waals surface area contributed by atoms with Gasteiger partial charge in [0.2, 0.25) is 5.88 Å². The number of fused-ring (bicyclic) bond motifs is 1. The highest BCUT2D eigenvalue weighted by atomic mass is 35.5. The number of likely N-dealkylation sites (tertiary alicyclic amines) is 1. The highest BCUT2D eigenvalue weighted by molar-refractivity contribution is 6.30. The quantitative estimate of drug-likeness (QED) is 0.565. The van der Waals surface area contributed by atoms with Crippen molar-refractivity contribution in [3.05, 3.63) is 77.2 Å². The second-order valence-corrected chi connectivity index (χ2v) is 9.11. The van der Waals surface area contributed by atoms with E-state index in [4.69, 9.17) is 16.3 Å². The molecule has 0 amide bonds. The fourth-order valence-corrected chi connectivity index (χ4v) is 5.45. The molecule has 3 aromatic rings. The zero-order chi connectivity index (χ0) is 21.4. The Morgan fingerprint density at radius 1 is 1.10 bits per heavy atom. The van der Waals surface area contributed by atoms with E-state index in [1.165, 1.54) is 6.07 Å². The molecule has 5 rings (SSSR count). The Morgan fingerprint density at radius 3 is 2.65 bits per heavy atom. The summed E-state index contributed by atoms with van der Waals surface area (Å²) in [5, 5.41) is 0.189. The minimum absolute atomic E-state index is 0.0456. The Hall–Kier alpha value is -2.44. The van der Waals surface area contributed by atoms with Gasteiger partial charge in [-0.3, -0.25) is 4.90 Å². The van der Waals surface area contributed by atoms with Crippen LogP contribution in [-0.4, -0.2) is 38.6 Å². The normalized spacial score (nSPS) is 26.0. The van der Waals surface area contributed by atoms with Crippen molar-refractivity contribution in [1.82, 2.24) is 19.4 Å². The number of aromatic nitrogens is 3. The van der Waals surface area contributed by atoms with Crippen LogP contribution in [0.25, 0.3) is 0 Å². The van der Waals surface area contributed by atoms with Crippen LogP contribution in [0.5, 0.6) is 5.88 Å². The molecule has 7 heteroatoms. The van der Waals surface area contributed by atoms with E-state index < -0.39 is 0 Å². The lowest BCUT2D eigenvalue weighted by molar-refractivity contribution is 0.0504. The number of imidazole rings is 1. The van der Waals surface area contributed by atoms with Crippen molar-refractivity contribution in [2.45, 2.75) is 38.5 Å². The van der Waals surface area contributed by atoms with Crippen molar-refractivity contribution in [1.29, 1.82) is 0 Å². The van der Waals surface area contributed by atoms with Gasteiger partial charge in [-0.2, -0.15) is 0 Å². The van der Waals surface area contributed by atoms with E-state index in [1.54, 1.807) is 12.3 Å². The molecule has 4 atom stereocenters. The van der Waals surface area contributed by atoms with Crippen LogP contribution < -0.4 is 4.74 Å². The first kappa shape index (κ1) is 20.5. The minimum atomic E-state index is -0.367. The highest BCUT2D eigenvalue weighted by Crippen LogP contribution is 2.43. The van der Waals surface area contributed by atoms with Crippen LogP contribution in [0.3, 0.4) is 0 Å². The molecule has 1 aliphatic carbocycles. The Labute approximate surface area is 186 Å². The van der Waals surface area contributed by atoms with Crippen molar-refractivity contribution in [3.63, 3.8) is 0 Å². The summed E-state index contributed by atoms with van der Waals surface area (Å²) in [6, 6.07) is 11.0. The molecular formula is C24H26ClFN4O. The summed E-state index contributed by atoms with van der Waals surface area (Å²) in [5.74, 6) is 2.46. The Kier molecular flexibility index (Phi) is 5.67. The Balaban J connectivity index is 1.34. The van der Waals surface area contributed by atoms with Crippen LogP contribution >= 0.6 is 11.6 Å². The summed E-state index contributed by atoms with van der Waals surface area (Å²) in [5.41, 5.74) is 1.05. The maximum Gasteiger partial charge on any atom is 0.213 e. The Morgan fingerprint density at radius 2 is 1.94 bits per heavy atom. The smallest absolute Gasteiger partial charge is 0.213 e. The molecule has 2 aromatic heterocycles. The summed E-state index contributed by atoms with van der Waals surface area (Å²) in [6.07, 6.45) is 7.75. The molecule has 31 heavy (non-hydrogen) atoms. The maximum atomic E-state index is 13.5. The fourth-order valence-electron chi connectivity index (χ4n) is 5.24. The predicted molar refractivity (Wildman–Crippen MR) is 118 cm³/mol. The number of benzene rings is 1. The highest BCUT2D eigenvalue weighted by Gasteiger charge is 2.44. The van der Waals surface area contributed by atoms with Gasteiger partial charge in [-0.05, 0) is 55.4 Å². The summed E-state index contributed by atoms with van der Waals surface area (Å²) in [7, 11) is 0. The van der Waals surface area contributed by atoms with E-state index in [0.29, 0.717) is 17.7 Å². The van der Waals surface area contributed by atoms with Gasteiger partial charge in [-0.15, -0.1) is 0 Å². The second-order valence-electron chi connectivity index (χ2n) is 8.71. The molecule has 3 heterocycles. The average molecular weight is 441 g/mol. The van der Waals surface area contributed by atoms with Gasteiger partial charge in [0.25, 0.3) is 0 Å². The fraction of sp³-hybridized carbons (Fsp3) is 0.417. The van der Waals surface area contributed by atoms with Crippen LogP contribution in [0.15, 0.2) is 55.0 Å². The second kappa shape index (κ2) is 8.60. The molecule has 0 N–H and O–H groups in total. The molecule has 2 aliphatic rings. The molecule has 0 radical (unpaired) electrons. The first-order valence-electron chi connectivity index (χ1n) is 10.8. The van der Waals surface area contributed by atoms with Gasteiger partial charge in [-0.1, -0.05) is 23.7 Å². The molecule has 1 aromatic carbocycles. The standard InChI is InChI=1S/C24H26ClFN4O/c1-16-27-8-9-30(16)22-11-18-14-29(13-17-5-6-21(26)20(25)10-17)15-19(18)12-23(22)31-24-4-2-3-7-28-24/h2-10,18-19,22-23H,11-15H2,1H3/t18-,19+,22-,23-/m0/s1. The zero-order valence-electron chi connectivity index (χ0n) is 17.5. The molecule has 162 valence electrons. The van der Waals surface area contributed by atoms with Crippen LogP contribution in [0.1, 0.15) is 30.3 Å². The lowest BCUT2D eigenvalue weighted by atomic mass is 9.77. The average Bonchev–Trinajstić information content (AvgIpc) is 3.36. The lowest BCUT2D eigenvalue weighted by Crippen LogP contribution is -2.40. The summed E-state index contributed by atoms with van der Waals surface area (Å²) < 4.78 is 22.2. The molecule has 0 spiro atoms. The van der Waals surface area contributed by atoms with E-state index in [-0.39, 0.29) is 23.0 Å². The lowest BCUT2D eigenvalue weighted by Gasteiger charge is -2.38. The van der Waals surface area contributed by atoms with E-state index in [9.17, 15) is 4.39 Å². The van der Waals surface area contributed by atoms with E-state index in [0.717, 1.165) is 43.9 Å². The number of rotatable bonds is 5. The van der Waals surface area contributed by atoms with Gasteiger partial charge in [0.05, 0.1) is 11.1 Å². The molecule has 0 unspecified atom stereocenters. The third-order valence-corrected chi connectivity index (χ3v) is 6.97. The number of nitrogens with zero attached hydrogens (tertiary/aromatic N) is 4. The zero-order valence-corrected chi connectivity index (χ0v) is 18.3. The van der Waals surface area contributed by atoms with Crippen molar-refractivity contribution in [2.24, 2.45) is 11.8 Å². The maximum absolute atomic E-state index is 13.5. The predicted octanol–water partition coefficient (Wildman–Crippen LogP) is 4.91.